The van der Waals surface area contributed by atoms with Gasteiger partial charge in [0.05, 0.1) is 19.0 Å². The molecule has 6 heteroatoms. The van der Waals surface area contributed by atoms with Gasteiger partial charge in [0.25, 0.3) is 0 Å². The molecule has 0 bridgehead atoms. The topological polar surface area (TPSA) is 68.2 Å². The molecule has 0 aliphatic carbocycles. The second-order valence-electron chi connectivity index (χ2n) is 5.03. The van der Waals surface area contributed by atoms with Crippen LogP contribution in [0, 0.1) is 0 Å². The summed E-state index contributed by atoms with van der Waals surface area (Å²) in [6, 6.07) is 7.42. The zero-order chi connectivity index (χ0) is 15.4. The van der Waals surface area contributed by atoms with Crippen molar-refractivity contribution in [1.29, 1.82) is 0 Å². The van der Waals surface area contributed by atoms with E-state index in [1.54, 1.807) is 18.0 Å². The van der Waals surface area contributed by atoms with Gasteiger partial charge in [0, 0.05) is 30.9 Å². The molecule has 1 aliphatic rings. The van der Waals surface area contributed by atoms with E-state index in [2.05, 4.69) is 15.7 Å². The van der Waals surface area contributed by atoms with E-state index < -0.39 is 0 Å². The Balaban J connectivity index is 1.63. The fourth-order valence-corrected chi connectivity index (χ4v) is 2.29. The number of aromatic nitrogens is 2. The third kappa shape index (κ3) is 3.17. The second kappa shape index (κ2) is 6.44. The summed E-state index contributed by atoms with van der Waals surface area (Å²) in [6.07, 6.45) is 7.46. The molecule has 22 heavy (non-hydrogen) atoms. The van der Waals surface area contributed by atoms with Crippen LogP contribution < -0.4 is 15.4 Å². The smallest absolute Gasteiger partial charge is 0.241 e. The molecule has 0 fully saturated rings. The zero-order valence-corrected chi connectivity index (χ0v) is 12.3. The van der Waals surface area contributed by atoms with Gasteiger partial charge in [0.15, 0.2) is 0 Å². The zero-order valence-electron chi connectivity index (χ0n) is 12.3. The van der Waals surface area contributed by atoms with E-state index in [-0.39, 0.29) is 11.9 Å². The maximum absolute atomic E-state index is 11.9. The monoisotopic (exact) mass is 298 g/mol. The number of amides is 1. The van der Waals surface area contributed by atoms with Crippen LogP contribution in [0.15, 0.2) is 48.8 Å². The first-order chi connectivity index (χ1) is 10.8. The Labute approximate surface area is 128 Å². The fraction of sp³-hybridized carbons (Fsp3) is 0.250. The van der Waals surface area contributed by atoms with Crippen molar-refractivity contribution < 1.29 is 9.53 Å². The summed E-state index contributed by atoms with van der Waals surface area (Å²) in [5.74, 6) is 0.754. The number of rotatable bonds is 5. The van der Waals surface area contributed by atoms with Gasteiger partial charge in [-0.2, -0.15) is 5.10 Å². The Morgan fingerprint density at radius 1 is 1.55 bits per heavy atom. The van der Waals surface area contributed by atoms with Crippen LogP contribution >= 0.6 is 0 Å². The van der Waals surface area contributed by atoms with E-state index >= 15 is 0 Å². The van der Waals surface area contributed by atoms with Crippen LogP contribution in [-0.4, -0.2) is 35.4 Å². The number of hydrogen-bond donors (Lipinski definition) is 2. The van der Waals surface area contributed by atoms with Crippen LogP contribution in [0.1, 0.15) is 5.56 Å². The molecule has 1 aromatic carbocycles. The third-order valence-corrected chi connectivity index (χ3v) is 3.49. The van der Waals surface area contributed by atoms with Crippen molar-refractivity contribution in [3.05, 3.63) is 54.4 Å². The molecule has 0 spiro atoms. The molecule has 2 heterocycles. The van der Waals surface area contributed by atoms with E-state index in [9.17, 15) is 4.79 Å². The maximum atomic E-state index is 11.9. The van der Waals surface area contributed by atoms with E-state index in [4.69, 9.17) is 4.74 Å². The maximum Gasteiger partial charge on any atom is 0.241 e. The summed E-state index contributed by atoms with van der Waals surface area (Å²) in [6.45, 7) is 1.20. The van der Waals surface area contributed by atoms with Crippen molar-refractivity contribution in [3.63, 3.8) is 0 Å². The van der Waals surface area contributed by atoms with Crippen molar-refractivity contribution in [2.45, 2.75) is 12.6 Å². The van der Waals surface area contributed by atoms with Crippen LogP contribution in [0.25, 0.3) is 5.69 Å². The van der Waals surface area contributed by atoms with E-state index in [0.29, 0.717) is 6.54 Å². The molecule has 1 aliphatic heterocycles. The van der Waals surface area contributed by atoms with Gasteiger partial charge in [-0.15, -0.1) is 0 Å². The lowest BCUT2D eigenvalue weighted by Gasteiger charge is -2.09. The number of carbonyl (C=O) groups is 1. The van der Waals surface area contributed by atoms with Gasteiger partial charge >= 0.3 is 0 Å². The molecule has 0 radical (unpaired) electrons. The summed E-state index contributed by atoms with van der Waals surface area (Å²) in [7, 11) is 1.63. The minimum atomic E-state index is -0.228. The van der Waals surface area contributed by atoms with Gasteiger partial charge in [0.2, 0.25) is 5.91 Å². The number of hydrogen-bond acceptors (Lipinski definition) is 4. The van der Waals surface area contributed by atoms with E-state index in [0.717, 1.165) is 23.5 Å². The van der Waals surface area contributed by atoms with Crippen molar-refractivity contribution in [2.75, 3.05) is 13.7 Å². The van der Waals surface area contributed by atoms with Crippen molar-refractivity contribution in [1.82, 2.24) is 20.4 Å². The fourth-order valence-electron chi connectivity index (χ4n) is 2.29. The Bertz CT molecular complexity index is 693. The Kier molecular flexibility index (Phi) is 4.20. The van der Waals surface area contributed by atoms with Gasteiger partial charge in [-0.05, 0) is 12.1 Å². The van der Waals surface area contributed by atoms with E-state index in [1.165, 1.54) is 0 Å². The lowest BCUT2D eigenvalue weighted by molar-refractivity contribution is -0.122. The summed E-state index contributed by atoms with van der Waals surface area (Å²) in [5.41, 5.74) is 1.86. The van der Waals surface area contributed by atoms with Crippen LogP contribution in [0.3, 0.4) is 0 Å². The summed E-state index contributed by atoms with van der Waals surface area (Å²) >= 11 is 0. The lowest BCUT2D eigenvalue weighted by Crippen LogP contribution is -2.40. The Morgan fingerprint density at radius 2 is 2.45 bits per heavy atom. The standard InChI is InChI=1S/C16H18N4O2/c1-22-14-5-2-4-13(8-14)20-11-12(10-19-20)9-18-16(21)15-6-3-7-17-15/h2-6,8,10-11,15,17H,7,9H2,1H3,(H,18,21)/t15-/m0/s1. The predicted octanol–water partition coefficient (Wildman–Crippen LogP) is 1.03. The first-order valence-corrected chi connectivity index (χ1v) is 7.12. The molecule has 1 atom stereocenters. The second-order valence-corrected chi connectivity index (χ2v) is 5.03. The third-order valence-electron chi connectivity index (χ3n) is 3.49. The van der Waals surface area contributed by atoms with Crippen molar-refractivity contribution >= 4 is 5.91 Å². The minimum absolute atomic E-state index is 0.0251. The largest absolute Gasteiger partial charge is 0.497 e. The average molecular weight is 298 g/mol. The molecule has 114 valence electrons. The highest BCUT2D eigenvalue weighted by molar-refractivity contribution is 5.84. The molecule has 2 aromatic rings. The number of benzene rings is 1. The number of methoxy groups -OCH3 is 1. The molecule has 3 rings (SSSR count). The van der Waals surface area contributed by atoms with Gasteiger partial charge in [-0.3, -0.25) is 10.1 Å². The van der Waals surface area contributed by atoms with Crippen LogP contribution in [0.4, 0.5) is 0 Å². The molecule has 6 nitrogen and oxygen atoms in total. The van der Waals surface area contributed by atoms with Gasteiger partial charge < -0.3 is 10.1 Å². The first-order valence-electron chi connectivity index (χ1n) is 7.12. The minimum Gasteiger partial charge on any atom is -0.497 e. The van der Waals surface area contributed by atoms with Crippen LogP contribution in [-0.2, 0) is 11.3 Å². The Hall–Kier alpha value is -2.60. The average Bonchev–Trinajstić information content (AvgIpc) is 3.24. The number of nitrogens with zero attached hydrogens (tertiary/aromatic N) is 2. The summed E-state index contributed by atoms with van der Waals surface area (Å²) in [4.78, 5) is 11.9. The van der Waals surface area contributed by atoms with Crippen molar-refractivity contribution in [2.24, 2.45) is 0 Å². The normalized spacial score (nSPS) is 16.7. The lowest BCUT2D eigenvalue weighted by atomic mass is 10.2. The SMILES string of the molecule is COc1cccc(-n2cc(CNC(=O)[C@@H]3C=CCN3)cn2)c1. The van der Waals surface area contributed by atoms with Gasteiger partial charge in [0.1, 0.15) is 11.8 Å². The molecule has 0 unspecified atom stereocenters. The molecule has 0 saturated heterocycles. The molecule has 2 N–H and O–H groups in total. The number of nitrogens with one attached hydrogen (secondary N) is 2. The van der Waals surface area contributed by atoms with E-state index in [1.807, 2.05) is 42.6 Å². The van der Waals surface area contributed by atoms with Crippen LogP contribution in [0.2, 0.25) is 0 Å². The van der Waals surface area contributed by atoms with Gasteiger partial charge in [-0.1, -0.05) is 18.2 Å². The number of carbonyl (C=O) groups excluding carboxylic acids is 1. The first kappa shape index (κ1) is 14.3. The molecule has 1 aromatic heterocycles. The summed E-state index contributed by atoms with van der Waals surface area (Å²) in [5, 5.41) is 10.3. The molecular weight excluding hydrogens is 280 g/mol. The molecule has 1 amide bonds. The highest BCUT2D eigenvalue weighted by Crippen LogP contribution is 2.16. The quantitative estimate of drug-likeness (QED) is 0.809. The highest BCUT2D eigenvalue weighted by Gasteiger charge is 2.16. The summed E-state index contributed by atoms with van der Waals surface area (Å²) < 4.78 is 6.97. The van der Waals surface area contributed by atoms with Crippen LogP contribution in [0.5, 0.6) is 5.75 Å². The highest BCUT2D eigenvalue weighted by atomic mass is 16.5. The Morgan fingerprint density at radius 3 is 3.23 bits per heavy atom. The van der Waals surface area contributed by atoms with Crippen molar-refractivity contribution in [3.8, 4) is 11.4 Å². The molecular formula is C16H18N4O2. The molecule has 0 saturated carbocycles. The number of ether oxygens (including phenoxy) is 1. The predicted molar refractivity (Wildman–Crippen MR) is 82.9 cm³/mol. The van der Waals surface area contributed by atoms with Gasteiger partial charge in [-0.25, -0.2) is 4.68 Å².